The van der Waals surface area contributed by atoms with Crippen LogP contribution in [0.4, 0.5) is 0 Å². The quantitative estimate of drug-likeness (QED) is 0.319. The molecule has 0 saturated carbocycles. The minimum Gasteiger partial charge on any atom is -0.303 e. The van der Waals surface area contributed by atoms with Crippen molar-refractivity contribution in [3.63, 3.8) is 0 Å². The zero-order valence-corrected chi connectivity index (χ0v) is 6.06. The van der Waals surface area contributed by atoms with Crippen LogP contribution >= 0.6 is 0 Å². The molecule has 0 aliphatic heterocycles. The maximum atomic E-state index is 9.56. The Balaban J connectivity index is 0. The molecule has 0 fully saturated rings. The molecule has 0 aromatic rings. The fourth-order valence-corrected chi connectivity index (χ4v) is 0.285. The van der Waals surface area contributed by atoms with Crippen molar-refractivity contribution >= 4 is 25.1 Å². The first kappa shape index (κ1) is 12.4. The Morgan fingerprint density at radius 2 is 1.09 bits per heavy atom. The first-order chi connectivity index (χ1) is 5.33. The van der Waals surface area contributed by atoms with Gasteiger partial charge in [0.1, 0.15) is 12.6 Å². The summed E-state index contributed by atoms with van der Waals surface area (Å²) in [5.74, 6) is 0. The highest BCUT2D eigenvalue weighted by Crippen LogP contribution is 1.85. The van der Waals surface area contributed by atoms with Gasteiger partial charge in [0.25, 0.3) is 0 Å². The molecule has 0 aliphatic carbocycles. The summed E-state index contributed by atoms with van der Waals surface area (Å²) in [6.45, 7) is 0. The number of rotatable bonds is 5. The molecule has 4 nitrogen and oxygen atoms in total. The minimum atomic E-state index is 0.194. The van der Waals surface area contributed by atoms with Crippen LogP contribution < -0.4 is 0 Å². The number of carbonyl (C=O) groups excluding carboxylic acids is 4. The van der Waals surface area contributed by atoms with Gasteiger partial charge in [0.2, 0.25) is 0 Å². The van der Waals surface area contributed by atoms with Gasteiger partial charge in [-0.05, 0) is 6.42 Å². The number of hydrogen-bond acceptors (Lipinski definition) is 4. The summed E-state index contributed by atoms with van der Waals surface area (Å²) < 4.78 is 0. The molecule has 0 N–H and O–H groups in total. The second-order valence-electron chi connectivity index (χ2n) is 1.54. The van der Waals surface area contributed by atoms with Crippen LogP contribution in [-0.4, -0.2) is 25.1 Å². The molecule has 0 aromatic heterocycles. The smallest absolute Gasteiger partial charge is 0.182 e. The number of carbonyl (C=O) groups is 4. The standard InChI is InChI=1S/C5H8O2.C2H2O2/c6-4-2-1-3-5-7;3-1-2-4/h4-5H,1-3H2;1-2H. The van der Waals surface area contributed by atoms with Crippen LogP contribution in [0.2, 0.25) is 0 Å². The zero-order valence-electron chi connectivity index (χ0n) is 6.06. The van der Waals surface area contributed by atoms with E-state index in [0.29, 0.717) is 19.3 Å². The number of aldehydes is 4. The maximum absolute atomic E-state index is 9.56. The SMILES string of the molecule is O=CC=O.O=CCCCC=O. The van der Waals surface area contributed by atoms with E-state index >= 15 is 0 Å². The van der Waals surface area contributed by atoms with Crippen molar-refractivity contribution in [2.75, 3.05) is 0 Å². The van der Waals surface area contributed by atoms with Crippen LogP contribution in [0.3, 0.4) is 0 Å². The lowest BCUT2D eigenvalue weighted by molar-refractivity contribution is -0.122. The Hall–Kier alpha value is -1.32. The first-order valence-corrected chi connectivity index (χ1v) is 3.09. The second kappa shape index (κ2) is 15.9. The number of hydrogen-bond donors (Lipinski definition) is 0. The van der Waals surface area contributed by atoms with Gasteiger partial charge in [0, 0.05) is 12.8 Å². The van der Waals surface area contributed by atoms with Crippen LogP contribution in [0, 0.1) is 0 Å². The van der Waals surface area contributed by atoms with Gasteiger partial charge in [-0.3, -0.25) is 9.59 Å². The summed E-state index contributed by atoms with van der Waals surface area (Å²) in [6, 6.07) is 0. The Morgan fingerprint density at radius 1 is 0.727 bits per heavy atom. The molecule has 0 atom stereocenters. The van der Waals surface area contributed by atoms with Crippen LogP contribution in [0.1, 0.15) is 19.3 Å². The summed E-state index contributed by atoms with van der Waals surface area (Å²) in [4.78, 5) is 36.7. The Morgan fingerprint density at radius 3 is 1.27 bits per heavy atom. The largest absolute Gasteiger partial charge is 0.303 e. The predicted molar refractivity (Wildman–Crippen MR) is 38.1 cm³/mol. The van der Waals surface area contributed by atoms with Gasteiger partial charge in [-0.15, -0.1) is 0 Å². The normalized spacial score (nSPS) is 6.91. The summed E-state index contributed by atoms with van der Waals surface area (Å²) in [5.41, 5.74) is 0. The molecule has 0 aromatic carbocycles. The van der Waals surface area contributed by atoms with E-state index in [-0.39, 0.29) is 12.6 Å². The molecule has 0 amide bonds. The molecule has 0 unspecified atom stereocenters. The minimum absolute atomic E-state index is 0.194. The van der Waals surface area contributed by atoms with Crippen LogP contribution in [0.25, 0.3) is 0 Å². The first-order valence-electron chi connectivity index (χ1n) is 3.09. The molecule has 0 saturated heterocycles. The van der Waals surface area contributed by atoms with Crippen molar-refractivity contribution in [2.45, 2.75) is 19.3 Å². The Labute approximate surface area is 64.6 Å². The lowest BCUT2D eigenvalue weighted by atomic mass is 10.3. The number of unbranched alkanes of at least 4 members (excludes halogenated alkanes) is 2. The average molecular weight is 158 g/mol. The summed E-state index contributed by atoms with van der Waals surface area (Å²) in [6.07, 6.45) is 3.76. The van der Waals surface area contributed by atoms with Crippen molar-refractivity contribution in [3.8, 4) is 0 Å². The van der Waals surface area contributed by atoms with Gasteiger partial charge < -0.3 is 9.59 Å². The van der Waals surface area contributed by atoms with Gasteiger partial charge in [-0.1, -0.05) is 0 Å². The maximum Gasteiger partial charge on any atom is 0.182 e. The molecule has 11 heavy (non-hydrogen) atoms. The van der Waals surface area contributed by atoms with Crippen molar-refractivity contribution in [1.29, 1.82) is 0 Å². The van der Waals surface area contributed by atoms with Crippen molar-refractivity contribution in [3.05, 3.63) is 0 Å². The highest BCUT2D eigenvalue weighted by Gasteiger charge is 1.80. The van der Waals surface area contributed by atoms with Gasteiger partial charge in [0.15, 0.2) is 12.6 Å². The monoisotopic (exact) mass is 158 g/mol. The molecule has 0 bridgehead atoms. The van der Waals surface area contributed by atoms with Crippen molar-refractivity contribution in [1.82, 2.24) is 0 Å². The summed E-state index contributed by atoms with van der Waals surface area (Å²) >= 11 is 0. The van der Waals surface area contributed by atoms with Crippen molar-refractivity contribution in [2.24, 2.45) is 0 Å². The highest BCUT2D eigenvalue weighted by atomic mass is 16.2. The predicted octanol–water partition coefficient (Wildman–Crippen LogP) is -0.0613. The third-order valence-corrected chi connectivity index (χ3v) is 0.700. The molecule has 0 radical (unpaired) electrons. The van der Waals surface area contributed by atoms with Gasteiger partial charge in [-0.2, -0.15) is 0 Å². The Kier molecular flexibility index (Phi) is 17.8. The van der Waals surface area contributed by atoms with E-state index in [1.54, 1.807) is 0 Å². The molecular weight excluding hydrogens is 148 g/mol. The van der Waals surface area contributed by atoms with E-state index in [4.69, 9.17) is 9.59 Å². The molecule has 0 rings (SSSR count). The third kappa shape index (κ3) is 28.6. The van der Waals surface area contributed by atoms with Crippen LogP contribution in [0.15, 0.2) is 0 Å². The van der Waals surface area contributed by atoms with Gasteiger partial charge in [-0.25, -0.2) is 0 Å². The van der Waals surface area contributed by atoms with Crippen LogP contribution in [-0.2, 0) is 19.2 Å². The molecule has 4 heteroatoms. The second-order valence-corrected chi connectivity index (χ2v) is 1.54. The molecule has 0 heterocycles. The van der Waals surface area contributed by atoms with E-state index in [9.17, 15) is 9.59 Å². The van der Waals surface area contributed by atoms with E-state index in [1.165, 1.54) is 0 Å². The topological polar surface area (TPSA) is 68.3 Å². The molecule has 62 valence electrons. The van der Waals surface area contributed by atoms with Gasteiger partial charge >= 0.3 is 0 Å². The Bertz CT molecular complexity index is 106. The van der Waals surface area contributed by atoms with Gasteiger partial charge in [0.05, 0.1) is 0 Å². The van der Waals surface area contributed by atoms with E-state index in [2.05, 4.69) is 0 Å². The lowest BCUT2D eigenvalue weighted by Gasteiger charge is -1.78. The van der Waals surface area contributed by atoms with E-state index in [0.717, 1.165) is 12.6 Å². The third-order valence-electron chi connectivity index (χ3n) is 0.700. The molecular formula is C7H10O4. The molecule has 0 aliphatic rings. The fraction of sp³-hybridized carbons (Fsp3) is 0.429. The van der Waals surface area contributed by atoms with E-state index < -0.39 is 0 Å². The van der Waals surface area contributed by atoms with Crippen molar-refractivity contribution < 1.29 is 19.2 Å². The lowest BCUT2D eigenvalue weighted by Crippen LogP contribution is -1.76. The molecule has 0 spiro atoms. The fourth-order valence-electron chi connectivity index (χ4n) is 0.285. The summed E-state index contributed by atoms with van der Waals surface area (Å²) in [7, 11) is 0. The summed E-state index contributed by atoms with van der Waals surface area (Å²) in [5, 5.41) is 0. The average Bonchev–Trinajstić information content (AvgIpc) is 2.06. The highest BCUT2D eigenvalue weighted by molar-refractivity contribution is 6.09. The van der Waals surface area contributed by atoms with E-state index in [1.807, 2.05) is 0 Å². The zero-order chi connectivity index (χ0) is 8.95. The van der Waals surface area contributed by atoms with Crippen LogP contribution in [0.5, 0.6) is 0 Å².